The molecule has 30 heavy (non-hydrogen) atoms. The summed E-state index contributed by atoms with van der Waals surface area (Å²) < 4.78 is 13.9. The molecule has 0 aromatic heterocycles. The summed E-state index contributed by atoms with van der Waals surface area (Å²) in [4.78, 5) is 31.3. The Labute approximate surface area is 176 Å². The highest BCUT2D eigenvalue weighted by Crippen LogP contribution is 2.22. The van der Waals surface area contributed by atoms with Crippen LogP contribution in [0.25, 0.3) is 0 Å². The minimum Gasteiger partial charge on any atom is -0.336 e. The summed E-state index contributed by atoms with van der Waals surface area (Å²) in [6.07, 6.45) is 1.96. The fourth-order valence-electron chi connectivity index (χ4n) is 4.04. The highest BCUT2D eigenvalue weighted by atomic mass is 19.1. The largest absolute Gasteiger partial charge is 0.336 e. The van der Waals surface area contributed by atoms with E-state index in [1.807, 2.05) is 18.2 Å². The average Bonchev–Trinajstić information content (AvgIpc) is 3.31. The van der Waals surface area contributed by atoms with Crippen molar-refractivity contribution < 1.29 is 14.0 Å². The molecule has 0 unspecified atom stereocenters. The molecule has 7 heteroatoms. The Balaban J connectivity index is 1.40. The maximum absolute atomic E-state index is 13.9. The van der Waals surface area contributed by atoms with Crippen molar-refractivity contribution in [1.82, 2.24) is 14.7 Å². The molecule has 0 atom stereocenters. The molecule has 0 bridgehead atoms. The second kappa shape index (κ2) is 9.26. The first-order valence-electron chi connectivity index (χ1n) is 10.5. The van der Waals surface area contributed by atoms with E-state index in [1.165, 1.54) is 23.8 Å². The molecule has 4 rings (SSSR count). The van der Waals surface area contributed by atoms with Gasteiger partial charge in [0, 0.05) is 45.8 Å². The molecule has 0 saturated carbocycles. The fraction of sp³-hybridized carbons (Fsp3) is 0.391. The molecule has 2 heterocycles. The Morgan fingerprint density at radius 3 is 2.27 bits per heavy atom. The van der Waals surface area contributed by atoms with E-state index in [2.05, 4.69) is 22.3 Å². The van der Waals surface area contributed by atoms with Gasteiger partial charge in [0.1, 0.15) is 5.82 Å². The number of urea groups is 1. The Bertz CT molecular complexity index is 891. The van der Waals surface area contributed by atoms with Gasteiger partial charge in [-0.15, -0.1) is 0 Å². The predicted molar refractivity (Wildman–Crippen MR) is 114 cm³/mol. The lowest BCUT2D eigenvalue weighted by molar-refractivity contribution is 0.0629. The lowest BCUT2D eigenvalue weighted by Gasteiger charge is -2.35. The van der Waals surface area contributed by atoms with E-state index in [0.717, 1.165) is 32.5 Å². The highest BCUT2D eigenvalue weighted by molar-refractivity contribution is 6.03. The lowest BCUT2D eigenvalue weighted by Crippen LogP contribution is -2.48. The summed E-state index contributed by atoms with van der Waals surface area (Å²) in [6, 6.07) is 14.0. The van der Waals surface area contributed by atoms with Gasteiger partial charge in [0.05, 0.1) is 11.3 Å². The van der Waals surface area contributed by atoms with Crippen LogP contribution in [0.1, 0.15) is 28.8 Å². The van der Waals surface area contributed by atoms with E-state index in [-0.39, 0.29) is 17.5 Å². The zero-order valence-electron chi connectivity index (χ0n) is 17.0. The summed E-state index contributed by atoms with van der Waals surface area (Å²) >= 11 is 0. The minimum atomic E-state index is -0.486. The molecule has 0 spiro atoms. The fourth-order valence-corrected chi connectivity index (χ4v) is 4.04. The van der Waals surface area contributed by atoms with Crippen LogP contribution in [0.3, 0.4) is 0 Å². The number of amides is 3. The van der Waals surface area contributed by atoms with Gasteiger partial charge in [-0.1, -0.05) is 30.3 Å². The number of halogens is 1. The second-order valence-corrected chi connectivity index (χ2v) is 7.87. The van der Waals surface area contributed by atoms with Gasteiger partial charge in [-0.3, -0.25) is 9.69 Å². The number of hydrogen-bond donors (Lipinski definition) is 1. The highest BCUT2D eigenvalue weighted by Gasteiger charge is 2.26. The molecule has 0 aliphatic carbocycles. The maximum Gasteiger partial charge on any atom is 0.321 e. The van der Waals surface area contributed by atoms with Crippen LogP contribution in [0, 0.1) is 5.82 Å². The van der Waals surface area contributed by atoms with Crippen LogP contribution in [-0.4, -0.2) is 65.9 Å². The van der Waals surface area contributed by atoms with Gasteiger partial charge in [0.25, 0.3) is 5.91 Å². The number of nitrogens with zero attached hydrogens (tertiary/aromatic N) is 3. The monoisotopic (exact) mass is 410 g/mol. The first kappa shape index (κ1) is 20.3. The number of hydrogen-bond acceptors (Lipinski definition) is 3. The molecule has 2 aromatic carbocycles. The van der Waals surface area contributed by atoms with Crippen molar-refractivity contribution in [3.8, 4) is 0 Å². The van der Waals surface area contributed by atoms with Crippen LogP contribution in [0.15, 0.2) is 48.5 Å². The first-order valence-corrected chi connectivity index (χ1v) is 10.5. The van der Waals surface area contributed by atoms with Crippen LogP contribution in [0.2, 0.25) is 0 Å². The molecule has 158 valence electrons. The van der Waals surface area contributed by atoms with Crippen LogP contribution < -0.4 is 5.32 Å². The van der Waals surface area contributed by atoms with Gasteiger partial charge in [-0.25, -0.2) is 9.18 Å². The zero-order chi connectivity index (χ0) is 20.9. The Morgan fingerprint density at radius 2 is 1.57 bits per heavy atom. The predicted octanol–water partition coefficient (Wildman–Crippen LogP) is 3.41. The van der Waals surface area contributed by atoms with Crippen molar-refractivity contribution in [2.24, 2.45) is 0 Å². The number of likely N-dealkylation sites (tertiary alicyclic amines) is 1. The van der Waals surface area contributed by atoms with Gasteiger partial charge in [0.2, 0.25) is 0 Å². The van der Waals surface area contributed by atoms with Crippen molar-refractivity contribution in [2.75, 3.05) is 44.6 Å². The van der Waals surface area contributed by atoms with Crippen molar-refractivity contribution in [3.63, 3.8) is 0 Å². The van der Waals surface area contributed by atoms with Gasteiger partial charge >= 0.3 is 6.03 Å². The van der Waals surface area contributed by atoms with Crippen molar-refractivity contribution in [1.29, 1.82) is 0 Å². The van der Waals surface area contributed by atoms with Crippen LogP contribution >= 0.6 is 0 Å². The third kappa shape index (κ3) is 4.79. The molecule has 2 aliphatic rings. The van der Waals surface area contributed by atoms with E-state index in [0.29, 0.717) is 31.9 Å². The van der Waals surface area contributed by atoms with Crippen molar-refractivity contribution >= 4 is 17.6 Å². The summed E-state index contributed by atoms with van der Waals surface area (Å²) in [7, 11) is 0. The van der Waals surface area contributed by atoms with Crippen molar-refractivity contribution in [2.45, 2.75) is 19.4 Å². The van der Waals surface area contributed by atoms with E-state index < -0.39 is 5.82 Å². The molecule has 0 radical (unpaired) electrons. The quantitative estimate of drug-likeness (QED) is 0.841. The molecule has 2 aliphatic heterocycles. The third-order valence-electron chi connectivity index (χ3n) is 5.76. The zero-order valence-corrected chi connectivity index (χ0v) is 17.0. The summed E-state index contributed by atoms with van der Waals surface area (Å²) in [5.41, 5.74) is 1.82. The van der Waals surface area contributed by atoms with Crippen LogP contribution in [-0.2, 0) is 6.54 Å². The Hall–Kier alpha value is -2.93. The second-order valence-electron chi connectivity index (χ2n) is 7.87. The number of carbonyl (C=O) groups is 2. The lowest BCUT2D eigenvalue weighted by atomic mass is 10.1. The number of benzene rings is 2. The molecule has 2 fully saturated rings. The molecule has 3 amide bonds. The van der Waals surface area contributed by atoms with E-state index in [1.54, 1.807) is 9.80 Å². The molecule has 2 aromatic rings. The number of carbonyl (C=O) groups excluding carboxylic acids is 2. The molecular formula is C23H27FN4O2. The average molecular weight is 410 g/mol. The maximum atomic E-state index is 13.9. The molecule has 1 N–H and O–H groups in total. The number of rotatable bonds is 4. The van der Waals surface area contributed by atoms with Gasteiger partial charge in [0.15, 0.2) is 0 Å². The third-order valence-corrected chi connectivity index (χ3v) is 5.76. The number of anilines is 1. The Kier molecular flexibility index (Phi) is 6.28. The Morgan fingerprint density at radius 1 is 0.867 bits per heavy atom. The summed E-state index contributed by atoms with van der Waals surface area (Å²) in [5.74, 6) is -0.731. The molecule has 2 saturated heterocycles. The van der Waals surface area contributed by atoms with E-state index in [9.17, 15) is 14.0 Å². The van der Waals surface area contributed by atoms with Gasteiger partial charge in [-0.05, 0) is 36.6 Å². The summed E-state index contributed by atoms with van der Waals surface area (Å²) in [6.45, 7) is 4.92. The molecular weight excluding hydrogens is 383 g/mol. The standard InChI is InChI=1S/C23H27FN4O2/c24-19-8-9-21(25-23(30)28-10-4-5-11-28)20(16-19)22(29)27-14-12-26(13-15-27)17-18-6-2-1-3-7-18/h1-3,6-9,16H,4-5,10-15,17H2,(H,25,30). The van der Waals surface area contributed by atoms with Crippen molar-refractivity contribution in [3.05, 3.63) is 65.5 Å². The van der Waals surface area contributed by atoms with Gasteiger partial charge < -0.3 is 15.1 Å². The van der Waals surface area contributed by atoms with Gasteiger partial charge in [-0.2, -0.15) is 0 Å². The summed E-state index contributed by atoms with van der Waals surface area (Å²) in [5, 5.41) is 2.80. The topological polar surface area (TPSA) is 55.9 Å². The normalized spacial score (nSPS) is 17.2. The van der Waals surface area contributed by atoms with E-state index in [4.69, 9.17) is 0 Å². The minimum absolute atomic E-state index is 0.207. The SMILES string of the molecule is O=C(Nc1ccc(F)cc1C(=O)N1CCN(Cc2ccccc2)CC1)N1CCCC1. The van der Waals surface area contributed by atoms with E-state index >= 15 is 0 Å². The molecule has 6 nitrogen and oxygen atoms in total. The number of piperazine rings is 1. The number of nitrogens with one attached hydrogen (secondary N) is 1. The smallest absolute Gasteiger partial charge is 0.321 e. The first-order chi connectivity index (χ1) is 14.6. The van der Waals surface area contributed by atoms with Crippen LogP contribution in [0.5, 0.6) is 0 Å². The van der Waals surface area contributed by atoms with Crippen LogP contribution in [0.4, 0.5) is 14.9 Å².